The Hall–Kier alpha value is -2.10. The van der Waals surface area contributed by atoms with Gasteiger partial charge in [0.2, 0.25) is 11.8 Å². The fourth-order valence-electron chi connectivity index (χ4n) is 4.35. The van der Waals surface area contributed by atoms with Gasteiger partial charge in [0.25, 0.3) is 0 Å². The Kier molecular flexibility index (Phi) is 5.57. The van der Waals surface area contributed by atoms with Gasteiger partial charge in [0.1, 0.15) is 0 Å². The molecule has 0 N–H and O–H groups in total. The molecular formula is C21H28N2O2. The second kappa shape index (κ2) is 7.85. The molecule has 2 aliphatic heterocycles. The van der Waals surface area contributed by atoms with Gasteiger partial charge in [-0.15, -0.1) is 0 Å². The van der Waals surface area contributed by atoms with Crippen LogP contribution >= 0.6 is 0 Å². The Labute approximate surface area is 150 Å². The zero-order valence-electron chi connectivity index (χ0n) is 15.2. The zero-order valence-corrected chi connectivity index (χ0v) is 15.2. The SMILES string of the molecule is CC=CCCCC(=O)N1C[C@@H]2CN(C(C)=O)[C@H](c3ccccc3)[C@@H]2C1. The Bertz CT molecular complexity index is 641. The number of nitrogens with zero attached hydrogens (tertiary/aromatic N) is 2. The molecule has 3 rings (SSSR count). The molecular weight excluding hydrogens is 312 g/mol. The molecule has 2 fully saturated rings. The van der Waals surface area contributed by atoms with Gasteiger partial charge in [-0.25, -0.2) is 0 Å². The average molecular weight is 340 g/mol. The summed E-state index contributed by atoms with van der Waals surface area (Å²) in [5, 5.41) is 0. The summed E-state index contributed by atoms with van der Waals surface area (Å²) >= 11 is 0. The molecule has 2 amide bonds. The summed E-state index contributed by atoms with van der Waals surface area (Å²) in [6.07, 6.45) is 6.65. The van der Waals surface area contributed by atoms with Crippen molar-refractivity contribution >= 4 is 11.8 Å². The highest BCUT2D eigenvalue weighted by atomic mass is 16.2. The monoisotopic (exact) mass is 340 g/mol. The van der Waals surface area contributed by atoms with Crippen LogP contribution in [-0.4, -0.2) is 41.2 Å². The fraction of sp³-hybridized carbons (Fsp3) is 0.524. The van der Waals surface area contributed by atoms with E-state index in [1.807, 2.05) is 41.0 Å². The lowest BCUT2D eigenvalue weighted by Gasteiger charge is -2.29. The molecule has 0 unspecified atom stereocenters. The summed E-state index contributed by atoms with van der Waals surface area (Å²) in [5.41, 5.74) is 1.19. The van der Waals surface area contributed by atoms with E-state index in [9.17, 15) is 9.59 Å². The van der Waals surface area contributed by atoms with Crippen LogP contribution in [-0.2, 0) is 9.59 Å². The normalized spacial score (nSPS) is 25.6. The summed E-state index contributed by atoms with van der Waals surface area (Å²) in [5.74, 6) is 1.15. The number of allylic oxidation sites excluding steroid dienone is 2. The van der Waals surface area contributed by atoms with E-state index in [0.29, 0.717) is 18.3 Å². The Morgan fingerprint density at radius 1 is 1.16 bits per heavy atom. The molecule has 0 aromatic heterocycles. The summed E-state index contributed by atoms with van der Waals surface area (Å²) in [6, 6.07) is 10.4. The van der Waals surface area contributed by atoms with Crippen molar-refractivity contribution in [3.63, 3.8) is 0 Å². The highest BCUT2D eigenvalue weighted by Crippen LogP contribution is 2.45. The fourth-order valence-corrected chi connectivity index (χ4v) is 4.35. The van der Waals surface area contributed by atoms with Gasteiger partial charge in [0.05, 0.1) is 6.04 Å². The number of carbonyl (C=O) groups is 2. The maximum Gasteiger partial charge on any atom is 0.222 e. The zero-order chi connectivity index (χ0) is 17.8. The van der Waals surface area contributed by atoms with E-state index in [0.717, 1.165) is 32.5 Å². The molecule has 2 heterocycles. The van der Waals surface area contributed by atoms with Crippen molar-refractivity contribution in [1.82, 2.24) is 9.80 Å². The number of rotatable bonds is 5. The number of fused-ring (bicyclic) bond motifs is 1. The third-order valence-corrected chi connectivity index (χ3v) is 5.56. The molecule has 2 aliphatic rings. The van der Waals surface area contributed by atoms with Crippen LogP contribution < -0.4 is 0 Å². The van der Waals surface area contributed by atoms with E-state index in [4.69, 9.17) is 0 Å². The van der Waals surface area contributed by atoms with Gasteiger partial charge in [-0.3, -0.25) is 9.59 Å². The second-order valence-electron chi connectivity index (χ2n) is 7.21. The van der Waals surface area contributed by atoms with Crippen LogP contribution in [0.2, 0.25) is 0 Å². The number of carbonyl (C=O) groups excluding carboxylic acids is 2. The van der Waals surface area contributed by atoms with E-state index in [1.165, 1.54) is 5.56 Å². The van der Waals surface area contributed by atoms with Crippen LogP contribution in [0.4, 0.5) is 0 Å². The minimum absolute atomic E-state index is 0.101. The number of amides is 2. The first-order valence-electron chi connectivity index (χ1n) is 9.33. The minimum atomic E-state index is 0.101. The van der Waals surface area contributed by atoms with Gasteiger partial charge >= 0.3 is 0 Å². The molecule has 4 heteroatoms. The number of hydrogen-bond acceptors (Lipinski definition) is 2. The van der Waals surface area contributed by atoms with Crippen LogP contribution in [0.25, 0.3) is 0 Å². The van der Waals surface area contributed by atoms with Crippen LogP contribution in [0.1, 0.15) is 44.7 Å². The van der Waals surface area contributed by atoms with Crippen molar-refractivity contribution in [2.24, 2.45) is 11.8 Å². The molecule has 3 atom stereocenters. The third kappa shape index (κ3) is 3.78. The lowest BCUT2D eigenvalue weighted by atomic mass is 9.89. The highest BCUT2D eigenvalue weighted by molar-refractivity contribution is 5.77. The summed E-state index contributed by atoms with van der Waals surface area (Å²) in [4.78, 5) is 28.7. The smallest absolute Gasteiger partial charge is 0.222 e. The first-order chi connectivity index (χ1) is 12.1. The number of hydrogen-bond donors (Lipinski definition) is 0. The Morgan fingerprint density at radius 2 is 1.92 bits per heavy atom. The summed E-state index contributed by atoms with van der Waals surface area (Å²) in [7, 11) is 0. The van der Waals surface area contributed by atoms with Crippen molar-refractivity contribution in [3.05, 3.63) is 48.0 Å². The lowest BCUT2D eigenvalue weighted by Crippen LogP contribution is -2.36. The molecule has 1 aromatic carbocycles. The number of benzene rings is 1. The quantitative estimate of drug-likeness (QED) is 0.609. The Balaban J connectivity index is 1.68. The molecule has 0 radical (unpaired) electrons. The van der Waals surface area contributed by atoms with Crippen molar-refractivity contribution in [3.8, 4) is 0 Å². The first-order valence-corrected chi connectivity index (χ1v) is 9.33. The summed E-state index contributed by atoms with van der Waals surface area (Å²) in [6.45, 7) is 5.99. The molecule has 25 heavy (non-hydrogen) atoms. The average Bonchev–Trinajstić information content (AvgIpc) is 3.17. The molecule has 1 aromatic rings. The molecule has 0 spiro atoms. The first kappa shape index (κ1) is 17.7. The van der Waals surface area contributed by atoms with Gasteiger partial charge in [-0.2, -0.15) is 0 Å². The maximum atomic E-state index is 12.5. The molecule has 0 saturated carbocycles. The summed E-state index contributed by atoms with van der Waals surface area (Å²) < 4.78 is 0. The van der Waals surface area contributed by atoms with Crippen LogP contribution in [0.15, 0.2) is 42.5 Å². The van der Waals surface area contributed by atoms with Gasteiger partial charge in [0, 0.05) is 44.8 Å². The van der Waals surface area contributed by atoms with E-state index in [-0.39, 0.29) is 17.9 Å². The topological polar surface area (TPSA) is 40.6 Å². The Morgan fingerprint density at radius 3 is 2.60 bits per heavy atom. The van der Waals surface area contributed by atoms with Gasteiger partial charge in [-0.1, -0.05) is 42.5 Å². The predicted molar refractivity (Wildman–Crippen MR) is 98.8 cm³/mol. The van der Waals surface area contributed by atoms with Crippen molar-refractivity contribution < 1.29 is 9.59 Å². The standard InChI is InChI=1S/C21H28N2O2/c1-3-4-5-9-12-20(25)22-13-18-14-23(16(2)24)21(19(18)15-22)17-10-7-6-8-11-17/h3-4,6-8,10-11,18-19,21H,5,9,12-15H2,1-2H3/t18-,19-,21-/m1/s1. The highest BCUT2D eigenvalue weighted by Gasteiger charge is 2.49. The van der Waals surface area contributed by atoms with E-state index in [1.54, 1.807) is 6.92 Å². The van der Waals surface area contributed by atoms with Crippen LogP contribution in [0, 0.1) is 11.8 Å². The molecule has 0 bridgehead atoms. The van der Waals surface area contributed by atoms with Crippen molar-refractivity contribution in [1.29, 1.82) is 0 Å². The van der Waals surface area contributed by atoms with Crippen LogP contribution in [0.5, 0.6) is 0 Å². The van der Waals surface area contributed by atoms with Crippen LogP contribution in [0.3, 0.4) is 0 Å². The molecule has 134 valence electrons. The number of unbranched alkanes of at least 4 members (excludes halogenated alkanes) is 1. The number of likely N-dealkylation sites (tertiary alicyclic amines) is 2. The molecule has 0 aliphatic carbocycles. The van der Waals surface area contributed by atoms with E-state index >= 15 is 0 Å². The van der Waals surface area contributed by atoms with E-state index < -0.39 is 0 Å². The lowest BCUT2D eigenvalue weighted by molar-refractivity contribution is -0.131. The predicted octanol–water partition coefficient (Wildman–Crippen LogP) is 3.41. The van der Waals surface area contributed by atoms with Crippen molar-refractivity contribution in [2.75, 3.05) is 19.6 Å². The minimum Gasteiger partial charge on any atom is -0.342 e. The van der Waals surface area contributed by atoms with E-state index in [2.05, 4.69) is 18.2 Å². The maximum absolute atomic E-state index is 12.5. The molecule has 2 saturated heterocycles. The molecule has 4 nitrogen and oxygen atoms in total. The second-order valence-corrected chi connectivity index (χ2v) is 7.21. The third-order valence-electron chi connectivity index (χ3n) is 5.56. The van der Waals surface area contributed by atoms with Gasteiger partial charge in [-0.05, 0) is 25.3 Å². The van der Waals surface area contributed by atoms with Gasteiger partial charge < -0.3 is 9.80 Å². The van der Waals surface area contributed by atoms with Crippen molar-refractivity contribution in [2.45, 2.75) is 39.2 Å². The van der Waals surface area contributed by atoms with Gasteiger partial charge in [0.15, 0.2) is 0 Å². The largest absolute Gasteiger partial charge is 0.342 e.